The minimum atomic E-state index is -0.335. The van der Waals surface area contributed by atoms with Gasteiger partial charge in [-0.25, -0.2) is 0 Å². The van der Waals surface area contributed by atoms with Crippen molar-refractivity contribution in [2.75, 3.05) is 24.0 Å². The van der Waals surface area contributed by atoms with E-state index in [1.54, 1.807) is 0 Å². The standard InChI is InChI=1S/C14H23NOS/c1-5-14(16)12-6-8-13(9-7-12)15(3)11(2)10-17-4/h6-9,11,14,16H,5,10H2,1-4H3/t11?,14-/m0/s1. The predicted octanol–water partition coefficient (Wildman–Crippen LogP) is 3.32. The highest BCUT2D eigenvalue weighted by Gasteiger charge is 2.10. The summed E-state index contributed by atoms with van der Waals surface area (Å²) in [6.45, 7) is 4.22. The maximum absolute atomic E-state index is 9.74. The van der Waals surface area contributed by atoms with Crippen LogP contribution in [0.3, 0.4) is 0 Å². The van der Waals surface area contributed by atoms with Crippen molar-refractivity contribution in [2.24, 2.45) is 0 Å². The number of aliphatic hydroxyl groups is 1. The molecule has 3 heteroatoms. The summed E-state index contributed by atoms with van der Waals surface area (Å²) in [5, 5.41) is 9.74. The first-order valence-corrected chi connectivity index (χ1v) is 7.49. The molecular weight excluding hydrogens is 230 g/mol. The van der Waals surface area contributed by atoms with E-state index in [1.807, 2.05) is 30.8 Å². The van der Waals surface area contributed by atoms with Gasteiger partial charge in [-0.2, -0.15) is 11.8 Å². The fourth-order valence-electron chi connectivity index (χ4n) is 1.77. The smallest absolute Gasteiger partial charge is 0.0787 e. The molecule has 0 radical (unpaired) electrons. The third-order valence-corrected chi connectivity index (χ3v) is 3.96. The van der Waals surface area contributed by atoms with E-state index in [4.69, 9.17) is 0 Å². The molecule has 1 rings (SSSR count). The van der Waals surface area contributed by atoms with Gasteiger partial charge < -0.3 is 10.0 Å². The number of anilines is 1. The summed E-state index contributed by atoms with van der Waals surface area (Å²) in [6, 6.07) is 8.74. The second-order valence-corrected chi connectivity index (χ2v) is 5.34. The molecule has 0 saturated heterocycles. The zero-order valence-electron chi connectivity index (χ0n) is 11.2. The highest BCUT2D eigenvalue weighted by molar-refractivity contribution is 7.98. The quantitative estimate of drug-likeness (QED) is 0.841. The minimum Gasteiger partial charge on any atom is -0.388 e. The van der Waals surface area contributed by atoms with Crippen molar-refractivity contribution >= 4 is 17.4 Å². The first-order valence-electron chi connectivity index (χ1n) is 6.10. The van der Waals surface area contributed by atoms with Gasteiger partial charge in [0, 0.05) is 24.5 Å². The molecule has 0 bridgehead atoms. The zero-order valence-corrected chi connectivity index (χ0v) is 12.0. The van der Waals surface area contributed by atoms with Gasteiger partial charge in [-0.05, 0) is 37.3 Å². The lowest BCUT2D eigenvalue weighted by atomic mass is 10.1. The van der Waals surface area contributed by atoms with Crippen molar-refractivity contribution < 1.29 is 5.11 Å². The molecule has 1 aromatic carbocycles. The largest absolute Gasteiger partial charge is 0.388 e. The van der Waals surface area contributed by atoms with Gasteiger partial charge in [-0.1, -0.05) is 19.1 Å². The van der Waals surface area contributed by atoms with E-state index in [2.05, 4.69) is 37.3 Å². The molecule has 0 aliphatic heterocycles. The molecular formula is C14H23NOS. The molecule has 0 spiro atoms. The summed E-state index contributed by atoms with van der Waals surface area (Å²) < 4.78 is 0. The van der Waals surface area contributed by atoms with Crippen molar-refractivity contribution in [2.45, 2.75) is 32.4 Å². The van der Waals surface area contributed by atoms with Crippen LogP contribution in [0.1, 0.15) is 31.9 Å². The van der Waals surface area contributed by atoms with E-state index >= 15 is 0 Å². The SMILES string of the molecule is CC[C@H](O)c1ccc(N(C)C(C)CSC)cc1. The van der Waals surface area contributed by atoms with E-state index in [0.29, 0.717) is 6.04 Å². The molecule has 0 aliphatic carbocycles. The summed E-state index contributed by atoms with van der Waals surface area (Å²) in [7, 11) is 2.12. The maximum Gasteiger partial charge on any atom is 0.0787 e. The van der Waals surface area contributed by atoms with E-state index < -0.39 is 0 Å². The van der Waals surface area contributed by atoms with Gasteiger partial charge in [-0.3, -0.25) is 0 Å². The van der Waals surface area contributed by atoms with Crippen LogP contribution in [0, 0.1) is 0 Å². The van der Waals surface area contributed by atoms with E-state index in [0.717, 1.165) is 17.7 Å². The monoisotopic (exact) mass is 253 g/mol. The van der Waals surface area contributed by atoms with Gasteiger partial charge >= 0.3 is 0 Å². The average molecular weight is 253 g/mol. The summed E-state index contributed by atoms with van der Waals surface area (Å²) in [6.07, 6.45) is 2.56. The summed E-state index contributed by atoms with van der Waals surface area (Å²) in [5.74, 6) is 1.12. The maximum atomic E-state index is 9.74. The number of hydrogen-bond donors (Lipinski definition) is 1. The Labute approximate surface area is 109 Å². The van der Waals surface area contributed by atoms with Gasteiger partial charge in [0.25, 0.3) is 0 Å². The van der Waals surface area contributed by atoms with Gasteiger partial charge in [-0.15, -0.1) is 0 Å². The minimum absolute atomic E-state index is 0.335. The Kier molecular flexibility index (Phi) is 5.86. The van der Waals surface area contributed by atoms with E-state index in [9.17, 15) is 5.11 Å². The predicted molar refractivity (Wildman–Crippen MR) is 77.9 cm³/mol. The van der Waals surface area contributed by atoms with Crippen LogP contribution in [0.15, 0.2) is 24.3 Å². The summed E-state index contributed by atoms with van der Waals surface area (Å²) >= 11 is 1.86. The lowest BCUT2D eigenvalue weighted by Crippen LogP contribution is -2.30. The molecule has 0 aliphatic rings. The number of aliphatic hydroxyl groups excluding tert-OH is 1. The normalized spacial score (nSPS) is 14.4. The molecule has 96 valence electrons. The number of nitrogens with zero attached hydrogens (tertiary/aromatic N) is 1. The van der Waals surface area contributed by atoms with Gasteiger partial charge in [0.2, 0.25) is 0 Å². The summed E-state index contributed by atoms with van der Waals surface area (Å²) in [5.41, 5.74) is 2.21. The molecule has 1 N–H and O–H groups in total. The molecule has 0 amide bonds. The van der Waals surface area contributed by atoms with Crippen molar-refractivity contribution in [3.8, 4) is 0 Å². The van der Waals surface area contributed by atoms with Crippen molar-refractivity contribution in [1.82, 2.24) is 0 Å². The van der Waals surface area contributed by atoms with E-state index in [-0.39, 0.29) is 6.10 Å². The summed E-state index contributed by atoms with van der Waals surface area (Å²) in [4.78, 5) is 2.28. The molecule has 0 fully saturated rings. The number of thioether (sulfide) groups is 1. The Bertz CT molecular complexity index is 325. The Hall–Kier alpha value is -0.670. The van der Waals surface area contributed by atoms with Gasteiger partial charge in [0.05, 0.1) is 6.10 Å². The van der Waals surface area contributed by atoms with Crippen molar-refractivity contribution in [3.63, 3.8) is 0 Å². The average Bonchev–Trinajstić information content (AvgIpc) is 2.37. The lowest BCUT2D eigenvalue weighted by molar-refractivity contribution is 0.173. The first kappa shape index (κ1) is 14.4. The highest BCUT2D eigenvalue weighted by atomic mass is 32.2. The second kappa shape index (κ2) is 6.92. The Morgan fingerprint density at radius 1 is 1.29 bits per heavy atom. The Morgan fingerprint density at radius 2 is 1.88 bits per heavy atom. The van der Waals surface area contributed by atoms with Gasteiger partial charge in [0.15, 0.2) is 0 Å². The van der Waals surface area contributed by atoms with E-state index in [1.165, 1.54) is 5.69 Å². The van der Waals surface area contributed by atoms with Crippen LogP contribution < -0.4 is 4.90 Å². The van der Waals surface area contributed by atoms with Crippen molar-refractivity contribution in [3.05, 3.63) is 29.8 Å². The fraction of sp³-hybridized carbons (Fsp3) is 0.571. The fourth-order valence-corrected chi connectivity index (χ4v) is 2.48. The van der Waals surface area contributed by atoms with Crippen LogP contribution in [0.4, 0.5) is 5.69 Å². The second-order valence-electron chi connectivity index (χ2n) is 4.43. The first-order chi connectivity index (χ1) is 8.10. The molecule has 0 heterocycles. The molecule has 2 nitrogen and oxygen atoms in total. The topological polar surface area (TPSA) is 23.5 Å². The molecule has 1 unspecified atom stereocenters. The molecule has 0 saturated carbocycles. The highest BCUT2D eigenvalue weighted by Crippen LogP contribution is 2.22. The number of rotatable bonds is 6. The molecule has 17 heavy (non-hydrogen) atoms. The van der Waals surface area contributed by atoms with Crippen LogP contribution in [-0.2, 0) is 0 Å². The number of hydrogen-bond acceptors (Lipinski definition) is 3. The van der Waals surface area contributed by atoms with Crippen LogP contribution in [-0.4, -0.2) is 30.2 Å². The molecule has 1 aromatic rings. The van der Waals surface area contributed by atoms with Crippen LogP contribution in [0.25, 0.3) is 0 Å². The molecule has 0 aromatic heterocycles. The van der Waals surface area contributed by atoms with Gasteiger partial charge in [0.1, 0.15) is 0 Å². The number of benzene rings is 1. The third kappa shape index (κ3) is 3.93. The Morgan fingerprint density at radius 3 is 2.35 bits per heavy atom. The lowest BCUT2D eigenvalue weighted by Gasteiger charge is -2.26. The third-order valence-electron chi connectivity index (χ3n) is 3.14. The van der Waals surface area contributed by atoms with Crippen LogP contribution in [0.5, 0.6) is 0 Å². The van der Waals surface area contributed by atoms with Crippen LogP contribution >= 0.6 is 11.8 Å². The zero-order chi connectivity index (χ0) is 12.8. The Balaban J connectivity index is 2.73. The van der Waals surface area contributed by atoms with Crippen molar-refractivity contribution in [1.29, 1.82) is 0 Å². The van der Waals surface area contributed by atoms with Crippen LogP contribution in [0.2, 0.25) is 0 Å². The molecule has 2 atom stereocenters.